The molecular formula is C42H74N2O4. The number of aliphatic carboxylic acids is 1. The van der Waals surface area contributed by atoms with Gasteiger partial charge in [0.2, 0.25) is 11.8 Å². The summed E-state index contributed by atoms with van der Waals surface area (Å²) in [5, 5.41) is 15.2. The van der Waals surface area contributed by atoms with Crippen LogP contribution in [0, 0.1) is 0 Å². The number of carbonyl (C=O) groups excluding carboxylic acids is 2. The normalized spacial score (nSPS) is 12.5. The second-order valence-corrected chi connectivity index (χ2v) is 13.3. The number of carbonyl (C=O) groups is 3. The van der Waals surface area contributed by atoms with Crippen LogP contribution in [0.5, 0.6) is 0 Å². The van der Waals surface area contributed by atoms with Gasteiger partial charge in [-0.25, -0.2) is 4.79 Å². The zero-order chi connectivity index (χ0) is 35.2. The van der Waals surface area contributed by atoms with Crippen molar-refractivity contribution in [2.75, 3.05) is 6.54 Å². The Morgan fingerprint density at radius 1 is 0.500 bits per heavy atom. The Bertz CT molecular complexity index is 877. The molecule has 0 aliphatic carbocycles. The molecule has 0 aliphatic heterocycles. The van der Waals surface area contributed by atoms with Crippen LogP contribution in [0.2, 0.25) is 0 Å². The Morgan fingerprint density at radius 3 is 1.38 bits per heavy atom. The molecule has 0 fully saturated rings. The standard InChI is InChI=1S/C42H74N2O4/c1-3-5-7-9-11-13-15-17-19-21-23-25-27-29-31-36-40(45)43-38-34-33-35-39(42(47)48)44-41(46)37-32-30-28-26-24-22-20-18-16-14-12-10-8-6-4-2/h11-14,17-20,39H,3-10,15-16,21-38H2,1-2H3,(H,43,45)(H,44,46)(H,47,48)/b13-11-,14-12-,19-17-,20-18-/t39-/m0/s1. The van der Waals surface area contributed by atoms with Gasteiger partial charge in [-0.3, -0.25) is 9.59 Å². The molecule has 3 N–H and O–H groups in total. The molecule has 276 valence electrons. The zero-order valence-electron chi connectivity index (χ0n) is 31.2. The molecule has 48 heavy (non-hydrogen) atoms. The van der Waals surface area contributed by atoms with Crippen LogP contribution in [-0.4, -0.2) is 35.5 Å². The van der Waals surface area contributed by atoms with Crippen molar-refractivity contribution in [3.63, 3.8) is 0 Å². The smallest absolute Gasteiger partial charge is 0.326 e. The van der Waals surface area contributed by atoms with Crippen molar-refractivity contribution >= 4 is 17.8 Å². The molecule has 0 aliphatic rings. The van der Waals surface area contributed by atoms with Crippen LogP contribution in [0.1, 0.15) is 187 Å². The predicted molar refractivity (Wildman–Crippen MR) is 205 cm³/mol. The van der Waals surface area contributed by atoms with Gasteiger partial charge in [0.15, 0.2) is 0 Å². The van der Waals surface area contributed by atoms with E-state index in [4.69, 9.17) is 0 Å². The Morgan fingerprint density at radius 2 is 0.917 bits per heavy atom. The summed E-state index contributed by atoms with van der Waals surface area (Å²) in [6.45, 7) is 5.01. The number of hydrogen-bond acceptors (Lipinski definition) is 3. The monoisotopic (exact) mass is 671 g/mol. The highest BCUT2D eigenvalue weighted by atomic mass is 16.4. The molecule has 0 bridgehead atoms. The molecule has 0 aromatic carbocycles. The number of amides is 2. The predicted octanol–water partition coefficient (Wildman–Crippen LogP) is 11.5. The van der Waals surface area contributed by atoms with Gasteiger partial charge in [0.25, 0.3) is 0 Å². The third-order valence-corrected chi connectivity index (χ3v) is 8.58. The summed E-state index contributed by atoms with van der Waals surface area (Å²) >= 11 is 0. The van der Waals surface area contributed by atoms with Crippen molar-refractivity contribution in [1.82, 2.24) is 10.6 Å². The SMILES string of the molecule is CCCCC/C=C\C/C=C\CCCCCCCC(=O)NCCCC[C@H](NC(=O)CCCCCCC/C=C\C/C=C\CCCCC)C(=O)O. The first-order valence-electron chi connectivity index (χ1n) is 19.9. The lowest BCUT2D eigenvalue weighted by molar-refractivity contribution is -0.142. The van der Waals surface area contributed by atoms with E-state index in [9.17, 15) is 19.5 Å². The highest BCUT2D eigenvalue weighted by Crippen LogP contribution is 2.10. The van der Waals surface area contributed by atoms with Gasteiger partial charge in [-0.05, 0) is 96.3 Å². The topological polar surface area (TPSA) is 95.5 Å². The van der Waals surface area contributed by atoms with Gasteiger partial charge in [0.05, 0.1) is 0 Å². The second-order valence-electron chi connectivity index (χ2n) is 13.3. The first kappa shape index (κ1) is 45.4. The van der Waals surface area contributed by atoms with Crippen molar-refractivity contribution in [3.8, 4) is 0 Å². The Kier molecular flexibility index (Phi) is 35.2. The fourth-order valence-electron chi connectivity index (χ4n) is 5.51. The Balaban J connectivity index is 3.69. The van der Waals surface area contributed by atoms with E-state index >= 15 is 0 Å². The van der Waals surface area contributed by atoms with Crippen molar-refractivity contribution < 1.29 is 19.5 Å². The van der Waals surface area contributed by atoms with Crippen molar-refractivity contribution in [2.24, 2.45) is 0 Å². The highest BCUT2D eigenvalue weighted by Gasteiger charge is 2.19. The van der Waals surface area contributed by atoms with E-state index in [-0.39, 0.29) is 11.8 Å². The molecule has 2 amide bonds. The van der Waals surface area contributed by atoms with Crippen LogP contribution < -0.4 is 10.6 Å². The van der Waals surface area contributed by atoms with E-state index in [0.717, 1.165) is 70.6 Å². The van der Waals surface area contributed by atoms with E-state index in [1.165, 1.54) is 70.6 Å². The van der Waals surface area contributed by atoms with Crippen LogP contribution in [0.15, 0.2) is 48.6 Å². The van der Waals surface area contributed by atoms with Crippen molar-refractivity contribution in [2.45, 2.75) is 193 Å². The van der Waals surface area contributed by atoms with Crippen LogP contribution in [0.25, 0.3) is 0 Å². The van der Waals surface area contributed by atoms with Crippen LogP contribution in [0.4, 0.5) is 0 Å². The molecular weight excluding hydrogens is 596 g/mol. The number of carboxylic acid groups (broad SMARTS) is 1. The van der Waals surface area contributed by atoms with Gasteiger partial charge in [-0.1, -0.05) is 127 Å². The van der Waals surface area contributed by atoms with Gasteiger partial charge in [0.1, 0.15) is 6.04 Å². The summed E-state index contributed by atoms with van der Waals surface area (Å²) < 4.78 is 0. The molecule has 0 rings (SSSR count). The van der Waals surface area contributed by atoms with Gasteiger partial charge in [-0.2, -0.15) is 0 Å². The van der Waals surface area contributed by atoms with Crippen LogP contribution in [-0.2, 0) is 14.4 Å². The maximum atomic E-state index is 12.3. The van der Waals surface area contributed by atoms with Crippen LogP contribution >= 0.6 is 0 Å². The minimum atomic E-state index is -0.992. The van der Waals surface area contributed by atoms with E-state index in [0.29, 0.717) is 38.6 Å². The highest BCUT2D eigenvalue weighted by molar-refractivity contribution is 5.83. The lowest BCUT2D eigenvalue weighted by Gasteiger charge is -2.14. The number of allylic oxidation sites excluding steroid dienone is 8. The first-order valence-corrected chi connectivity index (χ1v) is 19.9. The lowest BCUT2D eigenvalue weighted by Crippen LogP contribution is -2.40. The Labute approximate surface area is 295 Å². The number of nitrogens with one attached hydrogen (secondary N) is 2. The van der Waals surface area contributed by atoms with E-state index in [1.807, 2.05) is 0 Å². The van der Waals surface area contributed by atoms with Crippen LogP contribution in [0.3, 0.4) is 0 Å². The molecule has 1 atom stereocenters. The quantitative estimate of drug-likeness (QED) is 0.0462. The second kappa shape index (κ2) is 37.2. The molecule has 6 heteroatoms. The minimum absolute atomic E-state index is 0.0705. The molecule has 0 radical (unpaired) electrons. The average molecular weight is 671 g/mol. The molecule has 0 aromatic heterocycles. The molecule has 0 unspecified atom stereocenters. The fraction of sp³-hybridized carbons (Fsp3) is 0.738. The summed E-state index contributed by atoms with van der Waals surface area (Å²) in [4.78, 5) is 36.1. The van der Waals surface area contributed by atoms with Gasteiger partial charge >= 0.3 is 5.97 Å². The lowest BCUT2D eigenvalue weighted by atomic mass is 10.1. The molecule has 0 saturated carbocycles. The largest absolute Gasteiger partial charge is 0.480 e. The third-order valence-electron chi connectivity index (χ3n) is 8.58. The van der Waals surface area contributed by atoms with E-state index in [1.54, 1.807) is 0 Å². The number of carboxylic acids is 1. The molecule has 0 spiro atoms. The van der Waals surface area contributed by atoms with E-state index < -0.39 is 12.0 Å². The summed E-state index contributed by atoms with van der Waals surface area (Å²) in [7, 11) is 0. The molecule has 0 heterocycles. The molecule has 6 nitrogen and oxygen atoms in total. The minimum Gasteiger partial charge on any atom is -0.480 e. The number of hydrogen-bond donors (Lipinski definition) is 3. The Hall–Kier alpha value is -2.63. The summed E-state index contributed by atoms with van der Waals surface area (Å²) in [5.41, 5.74) is 0. The van der Waals surface area contributed by atoms with Crippen molar-refractivity contribution in [3.05, 3.63) is 48.6 Å². The summed E-state index contributed by atoms with van der Waals surface area (Å²) in [5.74, 6) is -1.10. The van der Waals surface area contributed by atoms with Gasteiger partial charge in [0, 0.05) is 19.4 Å². The molecule has 0 saturated heterocycles. The van der Waals surface area contributed by atoms with E-state index in [2.05, 4.69) is 73.1 Å². The number of rotatable bonds is 35. The first-order chi connectivity index (χ1) is 23.5. The van der Waals surface area contributed by atoms with Gasteiger partial charge < -0.3 is 15.7 Å². The fourth-order valence-corrected chi connectivity index (χ4v) is 5.51. The summed E-state index contributed by atoms with van der Waals surface area (Å²) in [6, 6.07) is -0.862. The third kappa shape index (κ3) is 34.7. The maximum Gasteiger partial charge on any atom is 0.326 e. The zero-order valence-corrected chi connectivity index (χ0v) is 31.2. The summed E-state index contributed by atoms with van der Waals surface area (Å²) in [6.07, 6.45) is 46.0. The number of unbranched alkanes of at least 4 members (excludes halogenated alkanes) is 17. The van der Waals surface area contributed by atoms with Crippen molar-refractivity contribution in [1.29, 1.82) is 0 Å². The maximum absolute atomic E-state index is 12.3. The average Bonchev–Trinajstić information content (AvgIpc) is 3.07. The van der Waals surface area contributed by atoms with Gasteiger partial charge in [-0.15, -0.1) is 0 Å². The molecule has 0 aromatic rings.